The predicted octanol–water partition coefficient (Wildman–Crippen LogP) is 2.49. The van der Waals surface area contributed by atoms with Gasteiger partial charge in [0.25, 0.3) is 0 Å². The molecule has 0 radical (unpaired) electrons. The number of rotatable bonds is 2. The molecule has 1 N–H and O–H groups in total. The molecular formula is C15H28N2. The molecule has 0 aromatic heterocycles. The van der Waals surface area contributed by atoms with Crippen LogP contribution < -0.4 is 5.32 Å². The van der Waals surface area contributed by atoms with Gasteiger partial charge in [0.15, 0.2) is 0 Å². The smallest absolute Gasteiger partial charge is 0.0114 e. The minimum Gasteiger partial charge on any atom is -0.316 e. The molecule has 98 valence electrons. The molecule has 5 unspecified atom stereocenters. The fraction of sp³-hybridized carbons (Fsp3) is 1.00. The van der Waals surface area contributed by atoms with Gasteiger partial charge < -0.3 is 5.32 Å². The van der Waals surface area contributed by atoms with E-state index in [4.69, 9.17) is 0 Å². The Morgan fingerprint density at radius 2 is 2.12 bits per heavy atom. The fourth-order valence-electron chi connectivity index (χ4n) is 4.62. The quantitative estimate of drug-likeness (QED) is 0.792. The van der Waals surface area contributed by atoms with Crippen LogP contribution in [0, 0.1) is 17.8 Å². The molecule has 17 heavy (non-hydrogen) atoms. The third-order valence-electron chi connectivity index (χ3n) is 5.78. The van der Waals surface area contributed by atoms with Gasteiger partial charge in [0.1, 0.15) is 0 Å². The first kappa shape index (κ1) is 12.0. The standard InChI is InChI=1S/C15H28N2/c1-3-12-5-4-6-14(7-12)17-10-13-8-16-9-15(13)11(17)2/h11-16H,3-10H2,1-2H3. The van der Waals surface area contributed by atoms with Crippen molar-refractivity contribution in [3.63, 3.8) is 0 Å². The SMILES string of the molecule is CCC1CCCC(N2CC3CNCC3C2C)C1. The second-order valence-corrected chi connectivity index (χ2v) is 6.61. The van der Waals surface area contributed by atoms with Crippen LogP contribution in [0.25, 0.3) is 0 Å². The summed E-state index contributed by atoms with van der Waals surface area (Å²) in [6.45, 7) is 8.77. The van der Waals surface area contributed by atoms with Gasteiger partial charge in [-0.1, -0.05) is 26.2 Å². The molecule has 2 saturated heterocycles. The van der Waals surface area contributed by atoms with Crippen molar-refractivity contribution < 1.29 is 0 Å². The van der Waals surface area contributed by atoms with Crippen LogP contribution in [-0.2, 0) is 0 Å². The molecule has 5 atom stereocenters. The lowest BCUT2D eigenvalue weighted by Gasteiger charge is -2.38. The number of hydrogen-bond donors (Lipinski definition) is 1. The molecule has 0 amide bonds. The van der Waals surface area contributed by atoms with Crippen LogP contribution in [0.2, 0.25) is 0 Å². The largest absolute Gasteiger partial charge is 0.316 e. The van der Waals surface area contributed by atoms with Gasteiger partial charge >= 0.3 is 0 Å². The zero-order valence-electron chi connectivity index (χ0n) is 11.5. The molecule has 3 fully saturated rings. The second kappa shape index (κ2) is 4.89. The summed E-state index contributed by atoms with van der Waals surface area (Å²) in [5.41, 5.74) is 0. The minimum absolute atomic E-state index is 0.829. The maximum absolute atomic E-state index is 3.57. The van der Waals surface area contributed by atoms with Crippen molar-refractivity contribution in [1.29, 1.82) is 0 Å². The Kier molecular flexibility index (Phi) is 3.45. The summed E-state index contributed by atoms with van der Waals surface area (Å²) < 4.78 is 0. The van der Waals surface area contributed by atoms with Gasteiger partial charge in [0.2, 0.25) is 0 Å². The lowest BCUT2D eigenvalue weighted by Crippen LogP contribution is -2.43. The third-order valence-corrected chi connectivity index (χ3v) is 5.78. The van der Waals surface area contributed by atoms with E-state index in [0.717, 1.165) is 29.8 Å². The molecule has 1 aliphatic carbocycles. The first-order chi connectivity index (χ1) is 8.29. The van der Waals surface area contributed by atoms with Crippen molar-refractivity contribution in [3.8, 4) is 0 Å². The van der Waals surface area contributed by atoms with Crippen LogP contribution in [0.4, 0.5) is 0 Å². The summed E-state index contributed by atoms with van der Waals surface area (Å²) in [6, 6.07) is 1.74. The normalized spacial score (nSPS) is 47.3. The van der Waals surface area contributed by atoms with E-state index in [1.807, 2.05) is 0 Å². The van der Waals surface area contributed by atoms with Crippen LogP contribution in [0.5, 0.6) is 0 Å². The molecule has 2 heterocycles. The van der Waals surface area contributed by atoms with Gasteiger partial charge in [-0.15, -0.1) is 0 Å². The Morgan fingerprint density at radius 3 is 2.88 bits per heavy atom. The Balaban J connectivity index is 1.64. The highest BCUT2D eigenvalue weighted by Crippen LogP contribution is 2.38. The van der Waals surface area contributed by atoms with E-state index >= 15 is 0 Å². The Hall–Kier alpha value is -0.0800. The lowest BCUT2D eigenvalue weighted by molar-refractivity contribution is 0.111. The zero-order valence-corrected chi connectivity index (χ0v) is 11.5. The fourth-order valence-corrected chi connectivity index (χ4v) is 4.62. The van der Waals surface area contributed by atoms with Crippen LogP contribution >= 0.6 is 0 Å². The van der Waals surface area contributed by atoms with Crippen LogP contribution in [0.1, 0.15) is 46.0 Å². The summed E-state index contributed by atoms with van der Waals surface area (Å²) in [5, 5.41) is 3.57. The summed E-state index contributed by atoms with van der Waals surface area (Å²) in [6.07, 6.45) is 7.30. The zero-order chi connectivity index (χ0) is 11.8. The van der Waals surface area contributed by atoms with E-state index in [2.05, 4.69) is 24.1 Å². The molecule has 2 heteroatoms. The molecule has 1 saturated carbocycles. The summed E-state index contributed by atoms with van der Waals surface area (Å²) in [7, 11) is 0. The molecule has 3 rings (SSSR count). The number of fused-ring (bicyclic) bond motifs is 1. The number of nitrogens with one attached hydrogen (secondary N) is 1. The Morgan fingerprint density at radius 1 is 1.24 bits per heavy atom. The monoisotopic (exact) mass is 236 g/mol. The van der Waals surface area contributed by atoms with Crippen molar-refractivity contribution in [2.45, 2.75) is 58.0 Å². The second-order valence-electron chi connectivity index (χ2n) is 6.61. The minimum atomic E-state index is 0.829. The van der Waals surface area contributed by atoms with Crippen LogP contribution in [0.3, 0.4) is 0 Å². The van der Waals surface area contributed by atoms with Crippen molar-refractivity contribution in [2.75, 3.05) is 19.6 Å². The lowest BCUT2D eigenvalue weighted by atomic mass is 9.83. The molecule has 3 aliphatic rings. The highest BCUT2D eigenvalue weighted by atomic mass is 15.2. The Labute approximate surface area is 106 Å². The van der Waals surface area contributed by atoms with E-state index in [0.29, 0.717) is 0 Å². The van der Waals surface area contributed by atoms with Crippen molar-refractivity contribution in [2.24, 2.45) is 17.8 Å². The van der Waals surface area contributed by atoms with Gasteiger partial charge in [0.05, 0.1) is 0 Å². The van der Waals surface area contributed by atoms with Crippen LogP contribution in [0.15, 0.2) is 0 Å². The molecule has 0 bridgehead atoms. The molecular weight excluding hydrogens is 208 g/mol. The maximum atomic E-state index is 3.57. The van der Waals surface area contributed by atoms with E-state index in [1.165, 1.54) is 51.7 Å². The molecule has 0 aromatic carbocycles. The highest BCUT2D eigenvalue weighted by Gasteiger charge is 2.44. The summed E-state index contributed by atoms with van der Waals surface area (Å²) in [5.74, 6) is 2.91. The molecule has 0 spiro atoms. The van der Waals surface area contributed by atoms with E-state index in [-0.39, 0.29) is 0 Å². The van der Waals surface area contributed by atoms with Gasteiger partial charge in [-0.3, -0.25) is 4.90 Å². The first-order valence-electron chi connectivity index (χ1n) is 7.76. The molecule has 0 aromatic rings. The average Bonchev–Trinajstić information content (AvgIpc) is 2.93. The molecule has 2 aliphatic heterocycles. The van der Waals surface area contributed by atoms with Gasteiger partial charge in [-0.05, 0) is 50.6 Å². The molecule has 2 nitrogen and oxygen atoms in total. The number of likely N-dealkylation sites (tertiary alicyclic amines) is 1. The predicted molar refractivity (Wildman–Crippen MR) is 72.1 cm³/mol. The average molecular weight is 236 g/mol. The van der Waals surface area contributed by atoms with Crippen molar-refractivity contribution in [1.82, 2.24) is 10.2 Å². The Bertz CT molecular complexity index is 266. The van der Waals surface area contributed by atoms with E-state index in [9.17, 15) is 0 Å². The number of hydrogen-bond acceptors (Lipinski definition) is 2. The third kappa shape index (κ3) is 2.15. The summed E-state index contributed by atoms with van der Waals surface area (Å²) in [4.78, 5) is 2.87. The topological polar surface area (TPSA) is 15.3 Å². The van der Waals surface area contributed by atoms with Gasteiger partial charge in [-0.2, -0.15) is 0 Å². The number of nitrogens with zero attached hydrogens (tertiary/aromatic N) is 1. The van der Waals surface area contributed by atoms with Gasteiger partial charge in [0, 0.05) is 18.6 Å². The van der Waals surface area contributed by atoms with Crippen LogP contribution in [-0.4, -0.2) is 36.6 Å². The first-order valence-corrected chi connectivity index (χ1v) is 7.76. The van der Waals surface area contributed by atoms with E-state index in [1.54, 1.807) is 0 Å². The van der Waals surface area contributed by atoms with Gasteiger partial charge in [-0.25, -0.2) is 0 Å². The summed E-state index contributed by atoms with van der Waals surface area (Å²) >= 11 is 0. The maximum Gasteiger partial charge on any atom is 0.0114 e. The highest BCUT2D eigenvalue weighted by molar-refractivity contribution is 4.99. The van der Waals surface area contributed by atoms with E-state index < -0.39 is 0 Å². The van der Waals surface area contributed by atoms with Crippen molar-refractivity contribution >= 4 is 0 Å². The van der Waals surface area contributed by atoms with Crippen molar-refractivity contribution in [3.05, 3.63) is 0 Å².